The van der Waals surface area contributed by atoms with Crippen LogP contribution < -0.4 is 5.32 Å². The Balaban J connectivity index is 1.96. The van der Waals surface area contributed by atoms with Crippen LogP contribution in [0.2, 0.25) is 0 Å². The molecule has 1 aliphatic carbocycles. The van der Waals surface area contributed by atoms with Crippen LogP contribution in [0.1, 0.15) is 59.1 Å². The second-order valence-electron chi connectivity index (χ2n) is 7.03. The number of anilines is 1. The van der Waals surface area contributed by atoms with Gasteiger partial charge in [-0.15, -0.1) is 0 Å². The molecule has 0 radical (unpaired) electrons. The number of hydrogen-bond donors (Lipinski definition) is 1. The van der Waals surface area contributed by atoms with Crippen LogP contribution in [0.15, 0.2) is 16.7 Å². The number of rotatable bonds is 3. The Morgan fingerprint density at radius 3 is 2.45 bits per heavy atom. The second-order valence-corrected chi connectivity index (χ2v) is 7.82. The highest BCUT2D eigenvalue weighted by atomic mass is 79.9. The molecule has 3 heteroatoms. The Bertz CT molecular complexity index is 443. The third-order valence-corrected chi connectivity index (χ3v) is 5.49. The van der Waals surface area contributed by atoms with E-state index in [1.54, 1.807) is 0 Å². The van der Waals surface area contributed by atoms with Gasteiger partial charge in [-0.1, -0.05) is 27.7 Å². The number of nitrogens with zero attached hydrogens (tertiary/aromatic N) is 1. The average Bonchev–Trinajstić information content (AvgIpc) is 2.41. The number of aryl methyl sites for hydroxylation is 1. The Kier molecular flexibility index (Phi) is 5.11. The SMILES string of the molecule is CCc1nccc(N[C@H]2CC[C@@H](C(C)(C)C)CC2)c1Br. The standard InChI is InChI=1S/C17H27BrN2/c1-5-14-16(18)15(10-11-19-14)20-13-8-6-12(7-9-13)17(2,3)4/h10-13H,5-9H2,1-4H3,(H,19,20)/t12-,13+. The number of aromatic nitrogens is 1. The second kappa shape index (κ2) is 6.46. The third-order valence-electron chi connectivity index (χ3n) is 4.61. The maximum Gasteiger partial charge on any atom is 0.0622 e. The summed E-state index contributed by atoms with van der Waals surface area (Å²) in [6, 6.07) is 2.69. The molecule has 1 aromatic rings. The minimum absolute atomic E-state index is 0.456. The van der Waals surface area contributed by atoms with Gasteiger partial charge in [0.1, 0.15) is 0 Å². The molecule has 0 amide bonds. The van der Waals surface area contributed by atoms with E-state index in [4.69, 9.17) is 0 Å². The van der Waals surface area contributed by atoms with Crippen LogP contribution in [0.25, 0.3) is 0 Å². The minimum Gasteiger partial charge on any atom is -0.381 e. The van der Waals surface area contributed by atoms with Crippen LogP contribution in [0, 0.1) is 11.3 Å². The van der Waals surface area contributed by atoms with Gasteiger partial charge in [0.15, 0.2) is 0 Å². The van der Waals surface area contributed by atoms with Crippen molar-refractivity contribution < 1.29 is 0 Å². The van der Waals surface area contributed by atoms with Crippen molar-refractivity contribution in [3.8, 4) is 0 Å². The maximum atomic E-state index is 4.41. The topological polar surface area (TPSA) is 24.9 Å². The third kappa shape index (κ3) is 3.75. The van der Waals surface area contributed by atoms with Gasteiger partial charge in [0, 0.05) is 12.2 Å². The van der Waals surface area contributed by atoms with Gasteiger partial charge < -0.3 is 5.32 Å². The molecule has 1 N–H and O–H groups in total. The monoisotopic (exact) mass is 338 g/mol. The van der Waals surface area contributed by atoms with Crippen molar-refractivity contribution in [1.82, 2.24) is 4.98 Å². The molecule has 1 aliphatic rings. The van der Waals surface area contributed by atoms with Crippen LogP contribution >= 0.6 is 15.9 Å². The van der Waals surface area contributed by atoms with Gasteiger partial charge in [-0.05, 0) is 65.4 Å². The molecule has 1 fully saturated rings. The summed E-state index contributed by atoms with van der Waals surface area (Å²) in [6.45, 7) is 9.26. The number of pyridine rings is 1. The van der Waals surface area contributed by atoms with Gasteiger partial charge in [0.2, 0.25) is 0 Å². The fourth-order valence-electron chi connectivity index (χ4n) is 3.17. The van der Waals surface area contributed by atoms with Crippen molar-refractivity contribution in [2.75, 3.05) is 5.32 Å². The molecule has 0 bridgehead atoms. The summed E-state index contributed by atoms with van der Waals surface area (Å²) < 4.78 is 1.14. The highest BCUT2D eigenvalue weighted by molar-refractivity contribution is 9.10. The normalized spacial score (nSPS) is 23.6. The molecule has 1 aromatic heterocycles. The zero-order valence-corrected chi connectivity index (χ0v) is 14.8. The van der Waals surface area contributed by atoms with E-state index < -0.39 is 0 Å². The lowest BCUT2D eigenvalue weighted by atomic mass is 9.71. The van der Waals surface area contributed by atoms with Crippen LogP contribution in [0.4, 0.5) is 5.69 Å². The quantitative estimate of drug-likeness (QED) is 0.795. The van der Waals surface area contributed by atoms with Crippen molar-refractivity contribution >= 4 is 21.6 Å². The van der Waals surface area contributed by atoms with Gasteiger partial charge in [-0.2, -0.15) is 0 Å². The van der Waals surface area contributed by atoms with E-state index in [0.717, 1.165) is 22.5 Å². The molecule has 0 atom stereocenters. The lowest BCUT2D eigenvalue weighted by molar-refractivity contribution is 0.173. The number of hydrogen-bond acceptors (Lipinski definition) is 2. The minimum atomic E-state index is 0.456. The fourth-order valence-corrected chi connectivity index (χ4v) is 3.80. The van der Waals surface area contributed by atoms with Crippen LogP contribution in [0.5, 0.6) is 0 Å². The van der Waals surface area contributed by atoms with Gasteiger partial charge >= 0.3 is 0 Å². The highest BCUT2D eigenvalue weighted by Gasteiger charge is 2.29. The van der Waals surface area contributed by atoms with Crippen molar-refractivity contribution in [2.24, 2.45) is 11.3 Å². The molecular formula is C17H27BrN2. The van der Waals surface area contributed by atoms with Gasteiger partial charge in [-0.25, -0.2) is 0 Å². The molecule has 1 saturated carbocycles. The van der Waals surface area contributed by atoms with Gasteiger partial charge in [-0.3, -0.25) is 4.98 Å². The molecule has 0 aliphatic heterocycles. The lowest BCUT2D eigenvalue weighted by Crippen LogP contribution is -2.31. The molecule has 2 nitrogen and oxygen atoms in total. The molecular weight excluding hydrogens is 312 g/mol. The highest BCUT2D eigenvalue weighted by Crippen LogP contribution is 2.39. The zero-order chi connectivity index (χ0) is 14.8. The number of nitrogens with one attached hydrogen (secondary N) is 1. The molecule has 0 unspecified atom stereocenters. The molecule has 0 spiro atoms. The molecule has 20 heavy (non-hydrogen) atoms. The van der Waals surface area contributed by atoms with E-state index in [1.165, 1.54) is 31.4 Å². The van der Waals surface area contributed by atoms with Gasteiger partial charge in [0.05, 0.1) is 15.9 Å². The van der Waals surface area contributed by atoms with Crippen LogP contribution in [-0.4, -0.2) is 11.0 Å². The van der Waals surface area contributed by atoms with E-state index in [2.05, 4.69) is 60.0 Å². The van der Waals surface area contributed by atoms with E-state index in [-0.39, 0.29) is 0 Å². The summed E-state index contributed by atoms with van der Waals surface area (Å²) in [6.07, 6.45) is 8.10. The smallest absolute Gasteiger partial charge is 0.0622 e. The zero-order valence-electron chi connectivity index (χ0n) is 13.2. The van der Waals surface area contributed by atoms with Crippen molar-refractivity contribution in [3.05, 3.63) is 22.4 Å². The summed E-state index contributed by atoms with van der Waals surface area (Å²) in [5.74, 6) is 0.868. The summed E-state index contributed by atoms with van der Waals surface area (Å²) >= 11 is 3.69. The average molecular weight is 339 g/mol. The first kappa shape index (κ1) is 15.8. The van der Waals surface area contributed by atoms with Crippen molar-refractivity contribution in [1.29, 1.82) is 0 Å². The first-order valence-corrected chi connectivity index (χ1v) is 8.61. The first-order chi connectivity index (χ1) is 9.41. The predicted octanol–water partition coefficient (Wildman–Crippen LogP) is 5.42. The first-order valence-electron chi connectivity index (χ1n) is 7.81. The van der Waals surface area contributed by atoms with Crippen molar-refractivity contribution in [3.63, 3.8) is 0 Å². The van der Waals surface area contributed by atoms with Crippen LogP contribution in [0.3, 0.4) is 0 Å². The fraction of sp³-hybridized carbons (Fsp3) is 0.706. The Morgan fingerprint density at radius 2 is 1.90 bits per heavy atom. The Morgan fingerprint density at radius 1 is 1.25 bits per heavy atom. The molecule has 0 aromatic carbocycles. The summed E-state index contributed by atoms with van der Waals surface area (Å²) in [4.78, 5) is 4.41. The number of halogens is 1. The van der Waals surface area contributed by atoms with E-state index in [0.29, 0.717) is 11.5 Å². The molecule has 2 rings (SSSR count). The largest absolute Gasteiger partial charge is 0.381 e. The summed E-state index contributed by atoms with van der Waals surface area (Å²) in [5, 5.41) is 3.71. The Hall–Kier alpha value is -0.570. The molecule has 1 heterocycles. The maximum absolute atomic E-state index is 4.41. The Labute approximate surface area is 131 Å². The van der Waals surface area contributed by atoms with E-state index in [1.807, 2.05) is 6.20 Å². The van der Waals surface area contributed by atoms with E-state index in [9.17, 15) is 0 Å². The molecule has 112 valence electrons. The lowest BCUT2D eigenvalue weighted by Gasteiger charge is -2.37. The van der Waals surface area contributed by atoms with Crippen LogP contribution in [-0.2, 0) is 6.42 Å². The summed E-state index contributed by atoms with van der Waals surface area (Å²) in [7, 11) is 0. The predicted molar refractivity (Wildman–Crippen MR) is 90.1 cm³/mol. The van der Waals surface area contributed by atoms with Crippen molar-refractivity contribution in [2.45, 2.75) is 65.8 Å². The van der Waals surface area contributed by atoms with E-state index >= 15 is 0 Å². The molecule has 0 saturated heterocycles. The van der Waals surface area contributed by atoms with Gasteiger partial charge in [0.25, 0.3) is 0 Å². The summed E-state index contributed by atoms with van der Waals surface area (Å²) in [5.41, 5.74) is 2.80.